The summed E-state index contributed by atoms with van der Waals surface area (Å²) in [7, 11) is 0. The topological polar surface area (TPSA) is 12.5 Å². The highest BCUT2D eigenvalue weighted by atomic mass is 32.2. The van der Waals surface area contributed by atoms with Crippen molar-refractivity contribution in [3.63, 3.8) is 0 Å². The van der Waals surface area contributed by atoms with Crippen molar-refractivity contribution in [1.82, 2.24) is 4.90 Å². The van der Waals surface area contributed by atoms with E-state index in [9.17, 15) is 0 Å². The lowest BCUT2D eigenvalue weighted by Gasteiger charge is -2.28. The van der Waals surface area contributed by atoms with Crippen LogP contribution in [0.5, 0.6) is 0 Å². The highest BCUT2D eigenvalue weighted by Gasteiger charge is 2.12. The fraction of sp³-hybridized carbons (Fsp3) is 0.800. The molecule has 2 nitrogen and oxygen atoms in total. The molecule has 0 aromatic rings. The number of hydrogen-bond acceptors (Lipinski definition) is 3. The molecule has 3 heteroatoms. The van der Waals surface area contributed by atoms with Crippen molar-refractivity contribution < 1.29 is 4.74 Å². The lowest BCUT2D eigenvalue weighted by atomic mass is 10.1. The van der Waals surface area contributed by atoms with Crippen molar-refractivity contribution in [1.29, 1.82) is 0 Å². The van der Waals surface area contributed by atoms with E-state index in [-0.39, 0.29) is 0 Å². The van der Waals surface area contributed by atoms with Crippen LogP contribution in [0.1, 0.15) is 6.42 Å². The van der Waals surface area contributed by atoms with Gasteiger partial charge in [0, 0.05) is 25.4 Å². The van der Waals surface area contributed by atoms with Gasteiger partial charge < -0.3 is 4.74 Å². The average Bonchev–Trinajstić information content (AvgIpc) is 2.21. The Morgan fingerprint density at radius 2 is 2.23 bits per heavy atom. The molecule has 0 bridgehead atoms. The van der Waals surface area contributed by atoms with Crippen LogP contribution in [-0.2, 0) is 4.74 Å². The molecule has 0 aromatic carbocycles. The Balaban J connectivity index is 1.78. The van der Waals surface area contributed by atoms with Crippen molar-refractivity contribution in [2.24, 2.45) is 0 Å². The predicted molar refractivity (Wildman–Crippen MR) is 57.3 cm³/mol. The number of thioether (sulfide) groups is 1. The van der Waals surface area contributed by atoms with Crippen molar-refractivity contribution in [3.05, 3.63) is 11.6 Å². The fourth-order valence-corrected chi connectivity index (χ4v) is 2.68. The SMILES string of the molecule is C1=C(CN2CCOCC2)CCSC1. The van der Waals surface area contributed by atoms with E-state index in [0.717, 1.165) is 26.3 Å². The van der Waals surface area contributed by atoms with Gasteiger partial charge >= 0.3 is 0 Å². The number of morpholine rings is 1. The lowest BCUT2D eigenvalue weighted by molar-refractivity contribution is 0.0420. The normalized spacial score (nSPS) is 25.7. The first-order valence-corrected chi connectivity index (χ1v) is 6.16. The van der Waals surface area contributed by atoms with Gasteiger partial charge in [-0.1, -0.05) is 11.6 Å². The van der Waals surface area contributed by atoms with E-state index >= 15 is 0 Å². The molecule has 2 heterocycles. The first-order valence-electron chi connectivity index (χ1n) is 5.01. The molecule has 0 atom stereocenters. The van der Waals surface area contributed by atoms with Gasteiger partial charge in [-0.25, -0.2) is 0 Å². The van der Waals surface area contributed by atoms with Crippen molar-refractivity contribution in [2.45, 2.75) is 6.42 Å². The Morgan fingerprint density at radius 3 is 2.92 bits per heavy atom. The second-order valence-electron chi connectivity index (χ2n) is 3.58. The monoisotopic (exact) mass is 199 g/mol. The third-order valence-corrected chi connectivity index (χ3v) is 3.48. The van der Waals surface area contributed by atoms with Crippen molar-refractivity contribution in [3.8, 4) is 0 Å². The highest BCUT2D eigenvalue weighted by Crippen LogP contribution is 2.17. The van der Waals surface area contributed by atoms with E-state index in [4.69, 9.17) is 4.74 Å². The molecule has 1 saturated heterocycles. The van der Waals surface area contributed by atoms with E-state index in [1.165, 1.54) is 24.5 Å². The molecule has 0 amide bonds. The van der Waals surface area contributed by atoms with Crippen LogP contribution in [0, 0.1) is 0 Å². The van der Waals surface area contributed by atoms with Gasteiger partial charge in [0.05, 0.1) is 13.2 Å². The number of hydrogen-bond donors (Lipinski definition) is 0. The second kappa shape index (κ2) is 5.03. The van der Waals surface area contributed by atoms with Crippen LogP contribution in [0.15, 0.2) is 11.6 Å². The van der Waals surface area contributed by atoms with Gasteiger partial charge in [0.25, 0.3) is 0 Å². The molecule has 0 N–H and O–H groups in total. The molecule has 0 aliphatic carbocycles. The number of nitrogens with zero attached hydrogens (tertiary/aromatic N) is 1. The largest absolute Gasteiger partial charge is 0.379 e. The molecule has 2 aliphatic heterocycles. The summed E-state index contributed by atoms with van der Waals surface area (Å²) in [5.74, 6) is 2.54. The summed E-state index contributed by atoms with van der Waals surface area (Å²) in [5, 5.41) is 0. The van der Waals surface area contributed by atoms with E-state index in [1.54, 1.807) is 5.57 Å². The van der Waals surface area contributed by atoms with E-state index in [1.807, 2.05) is 11.8 Å². The van der Waals surface area contributed by atoms with Gasteiger partial charge in [0.2, 0.25) is 0 Å². The van der Waals surface area contributed by atoms with Gasteiger partial charge in [0.1, 0.15) is 0 Å². The van der Waals surface area contributed by atoms with E-state index in [0.29, 0.717) is 0 Å². The summed E-state index contributed by atoms with van der Waals surface area (Å²) in [6.07, 6.45) is 3.70. The van der Waals surface area contributed by atoms with Crippen molar-refractivity contribution in [2.75, 3.05) is 44.4 Å². The highest BCUT2D eigenvalue weighted by molar-refractivity contribution is 7.99. The molecule has 2 aliphatic rings. The third kappa shape index (κ3) is 3.01. The van der Waals surface area contributed by atoms with Gasteiger partial charge in [-0.15, -0.1) is 0 Å². The van der Waals surface area contributed by atoms with Crippen LogP contribution in [0.4, 0.5) is 0 Å². The Bertz CT molecular complexity index is 187. The molecule has 0 spiro atoms. The van der Waals surface area contributed by atoms with Crippen LogP contribution in [-0.4, -0.2) is 49.3 Å². The fourth-order valence-electron chi connectivity index (χ4n) is 1.76. The minimum atomic E-state index is 0.919. The van der Waals surface area contributed by atoms with Crippen LogP contribution in [0.3, 0.4) is 0 Å². The van der Waals surface area contributed by atoms with E-state index in [2.05, 4.69) is 11.0 Å². The molecular weight excluding hydrogens is 182 g/mol. The minimum absolute atomic E-state index is 0.919. The average molecular weight is 199 g/mol. The zero-order chi connectivity index (χ0) is 8.93. The Labute approximate surface area is 84.3 Å². The maximum atomic E-state index is 5.32. The molecule has 0 saturated carbocycles. The van der Waals surface area contributed by atoms with Gasteiger partial charge in [-0.2, -0.15) is 11.8 Å². The summed E-state index contributed by atoms with van der Waals surface area (Å²) in [5.41, 5.74) is 1.64. The lowest BCUT2D eigenvalue weighted by Crippen LogP contribution is -2.37. The van der Waals surface area contributed by atoms with Crippen LogP contribution >= 0.6 is 11.8 Å². The Hall–Kier alpha value is 0.0100. The maximum Gasteiger partial charge on any atom is 0.0594 e. The summed E-state index contributed by atoms with van der Waals surface area (Å²) in [6, 6.07) is 0. The summed E-state index contributed by atoms with van der Waals surface area (Å²) in [6.45, 7) is 5.25. The number of ether oxygens (including phenoxy) is 1. The molecule has 13 heavy (non-hydrogen) atoms. The maximum absolute atomic E-state index is 5.32. The molecule has 0 aromatic heterocycles. The second-order valence-corrected chi connectivity index (χ2v) is 4.73. The Morgan fingerprint density at radius 1 is 1.38 bits per heavy atom. The number of rotatable bonds is 2. The van der Waals surface area contributed by atoms with Crippen LogP contribution < -0.4 is 0 Å². The van der Waals surface area contributed by atoms with Gasteiger partial charge in [-0.3, -0.25) is 4.90 Å². The van der Waals surface area contributed by atoms with Crippen molar-refractivity contribution >= 4 is 11.8 Å². The van der Waals surface area contributed by atoms with Gasteiger partial charge in [0.15, 0.2) is 0 Å². The zero-order valence-corrected chi connectivity index (χ0v) is 8.81. The summed E-state index contributed by atoms with van der Waals surface area (Å²) in [4.78, 5) is 2.51. The van der Waals surface area contributed by atoms with Crippen LogP contribution in [0.2, 0.25) is 0 Å². The van der Waals surface area contributed by atoms with Gasteiger partial charge in [-0.05, 0) is 12.2 Å². The predicted octanol–water partition coefficient (Wildman–Crippen LogP) is 1.38. The molecule has 0 unspecified atom stereocenters. The molecular formula is C10H17NOS. The molecule has 74 valence electrons. The first kappa shape index (κ1) is 9.56. The molecule has 0 radical (unpaired) electrons. The smallest absolute Gasteiger partial charge is 0.0594 e. The summed E-state index contributed by atoms with van der Waals surface area (Å²) >= 11 is 2.04. The zero-order valence-electron chi connectivity index (χ0n) is 8.00. The first-order chi connectivity index (χ1) is 6.45. The van der Waals surface area contributed by atoms with E-state index < -0.39 is 0 Å². The molecule has 1 fully saturated rings. The Kier molecular flexibility index (Phi) is 3.70. The van der Waals surface area contributed by atoms with Crippen LogP contribution in [0.25, 0.3) is 0 Å². The molecule has 2 rings (SSSR count). The standard InChI is InChI=1S/C10H17NOS/c1-7-13-8-2-10(1)9-11-3-5-12-6-4-11/h1H,2-9H2. The summed E-state index contributed by atoms with van der Waals surface area (Å²) < 4.78 is 5.32. The quantitative estimate of drug-likeness (QED) is 0.623. The third-order valence-electron chi connectivity index (χ3n) is 2.59. The minimum Gasteiger partial charge on any atom is -0.379 e.